The number of phenolic OH excluding ortho intramolecular Hbond substituents is 4. The van der Waals surface area contributed by atoms with Crippen molar-refractivity contribution in [2.45, 2.75) is 39.5 Å². The highest BCUT2D eigenvalue weighted by atomic mass is 16.5. The second-order valence-corrected chi connectivity index (χ2v) is 11.4. The van der Waals surface area contributed by atoms with Gasteiger partial charge in [0.1, 0.15) is 34.5 Å². The van der Waals surface area contributed by atoms with Crippen LogP contribution in [0.5, 0.6) is 34.5 Å². The van der Waals surface area contributed by atoms with E-state index >= 15 is 0 Å². The second-order valence-electron chi connectivity index (χ2n) is 11.4. The molecule has 0 aromatic heterocycles. The highest BCUT2D eigenvalue weighted by molar-refractivity contribution is 5.60. The van der Waals surface area contributed by atoms with Gasteiger partial charge in [-0.15, -0.1) is 0 Å². The maximum atomic E-state index is 10.3. The lowest BCUT2D eigenvalue weighted by Crippen LogP contribution is -2.11. The molecule has 0 saturated carbocycles. The Labute approximate surface area is 258 Å². The summed E-state index contributed by atoms with van der Waals surface area (Å²) < 4.78 is 12.2. The zero-order valence-corrected chi connectivity index (χ0v) is 25.8. The molecule has 5 aromatic carbocycles. The van der Waals surface area contributed by atoms with Gasteiger partial charge in [0, 0.05) is 23.0 Å². The van der Waals surface area contributed by atoms with E-state index in [0.717, 1.165) is 55.6 Å². The maximum Gasteiger partial charge on any atom is 0.123 e. The van der Waals surface area contributed by atoms with Gasteiger partial charge in [-0.2, -0.15) is 0 Å². The van der Waals surface area contributed by atoms with Gasteiger partial charge in [0.05, 0.1) is 14.2 Å². The predicted molar refractivity (Wildman–Crippen MR) is 173 cm³/mol. The zero-order valence-electron chi connectivity index (χ0n) is 25.8. The SMILES string of the molecule is COc1cc(C(c2ccc(O)c(C)c2)c2ccc(O)c(C)c2)c(OC)cc1C(c1ccc(O)c(C)c1)c1ccc(O)c(C)c1. The summed E-state index contributed by atoms with van der Waals surface area (Å²) in [4.78, 5) is 0. The molecule has 0 amide bonds. The van der Waals surface area contributed by atoms with Crippen molar-refractivity contribution in [3.8, 4) is 34.5 Å². The smallest absolute Gasteiger partial charge is 0.123 e. The Balaban J connectivity index is 1.79. The van der Waals surface area contributed by atoms with Crippen LogP contribution in [0, 0.1) is 27.7 Å². The zero-order chi connectivity index (χ0) is 31.7. The van der Waals surface area contributed by atoms with Crippen LogP contribution in [0.1, 0.15) is 67.5 Å². The monoisotopic (exact) mass is 590 g/mol. The number of benzene rings is 5. The molecule has 0 heterocycles. The van der Waals surface area contributed by atoms with E-state index in [1.807, 2.05) is 88.4 Å². The molecular formula is C38H38O6. The first-order chi connectivity index (χ1) is 21.0. The average Bonchev–Trinajstić information content (AvgIpc) is 3.00. The van der Waals surface area contributed by atoms with Crippen LogP contribution < -0.4 is 9.47 Å². The van der Waals surface area contributed by atoms with E-state index in [-0.39, 0.29) is 34.8 Å². The second kappa shape index (κ2) is 12.3. The molecule has 0 unspecified atom stereocenters. The van der Waals surface area contributed by atoms with Crippen molar-refractivity contribution < 1.29 is 29.9 Å². The third-order valence-corrected chi connectivity index (χ3v) is 8.42. The summed E-state index contributed by atoms with van der Waals surface area (Å²) in [5.41, 5.74) is 8.46. The molecule has 4 N–H and O–H groups in total. The number of hydrogen-bond donors (Lipinski definition) is 4. The minimum absolute atomic E-state index is 0.213. The number of hydrogen-bond acceptors (Lipinski definition) is 6. The Morgan fingerprint density at radius 1 is 0.409 bits per heavy atom. The fourth-order valence-corrected chi connectivity index (χ4v) is 5.93. The van der Waals surface area contributed by atoms with Gasteiger partial charge in [0.2, 0.25) is 0 Å². The Morgan fingerprint density at radius 3 is 0.864 bits per heavy atom. The van der Waals surface area contributed by atoms with Crippen LogP contribution in [0.4, 0.5) is 0 Å². The van der Waals surface area contributed by atoms with Gasteiger partial charge in [-0.05, 0) is 109 Å². The van der Waals surface area contributed by atoms with E-state index in [9.17, 15) is 20.4 Å². The number of phenols is 4. The lowest BCUT2D eigenvalue weighted by atomic mass is 9.79. The first-order valence-electron chi connectivity index (χ1n) is 14.5. The highest BCUT2D eigenvalue weighted by Gasteiger charge is 2.28. The minimum atomic E-state index is -0.309. The lowest BCUT2D eigenvalue weighted by molar-refractivity contribution is 0.393. The summed E-state index contributed by atoms with van der Waals surface area (Å²) in [6, 6.07) is 26.2. The van der Waals surface area contributed by atoms with Crippen molar-refractivity contribution in [3.05, 3.63) is 141 Å². The molecule has 0 aliphatic carbocycles. The van der Waals surface area contributed by atoms with E-state index in [2.05, 4.69) is 0 Å². The predicted octanol–water partition coefficient (Wildman–Crippen LogP) is 8.12. The lowest BCUT2D eigenvalue weighted by Gasteiger charge is -2.27. The van der Waals surface area contributed by atoms with Gasteiger partial charge in [-0.25, -0.2) is 0 Å². The summed E-state index contributed by atoms with van der Waals surface area (Å²) >= 11 is 0. The molecule has 0 atom stereocenters. The van der Waals surface area contributed by atoms with Gasteiger partial charge < -0.3 is 29.9 Å². The fraction of sp³-hybridized carbons (Fsp3) is 0.211. The number of rotatable bonds is 8. The van der Waals surface area contributed by atoms with E-state index in [1.165, 1.54) is 0 Å². The number of methoxy groups -OCH3 is 2. The minimum Gasteiger partial charge on any atom is -0.508 e. The van der Waals surface area contributed by atoms with Crippen molar-refractivity contribution in [3.63, 3.8) is 0 Å². The molecule has 0 aliphatic heterocycles. The summed E-state index contributed by atoms with van der Waals surface area (Å²) in [6.45, 7) is 7.46. The molecule has 6 nitrogen and oxygen atoms in total. The maximum absolute atomic E-state index is 10.3. The number of ether oxygens (including phenoxy) is 2. The van der Waals surface area contributed by atoms with Crippen LogP contribution in [0.3, 0.4) is 0 Å². The topological polar surface area (TPSA) is 99.4 Å². The Hall–Kier alpha value is -5.10. The van der Waals surface area contributed by atoms with E-state index < -0.39 is 0 Å². The third-order valence-electron chi connectivity index (χ3n) is 8.42. The largest absolute Gasteiger partial charge is 0.508 e. The number of aromatic hydroxyl groups is 4. The molecule has 0 saturated heterocycles. The van der Waals surface area contributed by atoms with Crippen molar-refractivity contribution in [2.24, 2.45) is 0 Å². The van der Waals surface area contributed by atoms with Crippen LogP contribution in [0.25, 0.3) is 0 Å². The van der Waals surface area contributed by atoms with Gasteiger partial charge in [0.15, 0.2) is 0 Å². The van der Waals surface area contributed by atoms with Crippen molar-refractivity contribution >= 4 is 0 Å². The fourth-order valence-electron chi connectivity index (χ4n) is 5.93. The normalized spacial score (nSPS) is 11.3. The molecule has 5 rings (SSSR count). The first-order valence-corrected chi connectivity index (χ1v) is 14.5. The summed E-state index contributed by atoms with van der Waals surface area (Å²) in [5.74, 6) is 1.51. The third kappa shape index (κ3) is 5.76. The van der Waals surface area contributed by atoms with Gasteiger partial charge >= 0.3 is 0 Å². The molecule has 226 valence electrons. The van der Waals surface area contributed by atoms with Gasteiger partial charge in [0.25, 0.3) is 0 Å². The molecule has 0 spiro atoms. The Morgan fingerprint density at radius 2 is 0.659 bits per heavy atom. The summed E-state index contributed by atoms with van der Waals surface area (Å²) in [7, 11) is 3.28. The van der Waals surface area contributed by atoms with Crippen molar-refractivity contribution in [1.82, 2.24) is 0 Å². The molecule has 0 fully saturated rings. The molecule has 44 heavy (non-hydrogen) atoms. The molecule has 5 aromatic rings. The van der Waals surface area contributed by atoms with Gasteiger partial charge in [-0.1, -0.05) is 48.5 Å². The molecule has 0 aliphatic rings. The average molecular weight is 591 g/mol. The van der Waals surface area contributed by atoms with Crippen molar-refractivity contribution in [2.75, 3.05) is 14.2 Å². The van der Waals surface area contributed by atoms with Crippen LogP contribution in [-0.2, 0) is 0 Å². The highest BCUT2D eigenvalue weighted by Crippen LogP contribution is 2.46. The molecule has 6 heteroatoms. The standard InChI is InChI=1S/C38H38O6/c1-21-15-25(7-11-31(21)39)37(26-8-12-32(40)22(2)16-26)29-19-36(44-6)30(20-35(29)43-5)38(27-9-13-33(41)23(3)17-27)28-10-14-34(42)24(4)18-28/h7-20,37-42H,1-6H3. The van der Waals surface area contributed by atoms with Crippen LogP contribution >= 0.6 is 0 Å². The summed E-state index contributed by atoms with van der Waals surface area (Å²) in [6.07, 6.45) is 0. The van der Waals surface area contributed by atoms with Crippen LogP contribution in [0.2, 0.25) is 0 Å². The van der Waals surface area contributed by atoms with Crippen LogP contribution in [-0.4, -0.2) is 34.6 Å². The van der Waals surface area contributed by atoms with E-state index in [0.29, 0.717) is 11.5 Å². The van der Waals surface area contributed by atoms with Gasteiger partial charge in [-0.3, -0.25) is 0 Å². The quantitative estimate of drug-likeness (QED) is 0.136. The molecular weight excluding hydrogens is 552 g/mol. The first kappa shape index (κ1) is 30.4. The molecule has 0 bridgehead atoms. The Kier molecular flexibility index (Phi) is 8.45. The van der Waals surface area contributed by atoms with E-state index in [4.69, 9.17) is 9.47 Å². The summed E-state index contributed by atoms with van der Waals surface area (Å²) in [5, 5.41) is 41.2. The van der Waals surface area contributed by atoms with Crippen LogP contribution in [0.15, 0.2) is 84.9 Å². The van der Waals surface area contributed by atoms with E-state index in [1.54, 1.807) is 38.5 Å². The molecule has 0 radical (unpaired) electrons. The number of aryl methyl sites for hydroxylation is 4. The van der Waals surface area contributed by atoms with Crippen molar-refractivity contribution in [1.29, 1.82) is 0 Å². The Bertz CT molecular complexity index is 1600.